The number of nitrogens with one attached hydrogen (secondary N) is 1. The Bertz CT molecular complexity index is 745. The Balaban J connectivity index is 2.14. The number of nitrogens with zero attached hydrogens (tertiary/aromatic N) is 4. The number of H-pyrrole nitrogens is 1. The van der Waals surface area contributed by atoms with E-state index in [4.69, 9.17) is 11.6 Å². The standard InChI is InChI=1S/C10H5ClF3N5/c11-7-2-1-6-9(16-7)8(18-17-6)5-3-15-19(4-5)10(12,13)14/h1-4H,(H,17,18). The molecule has 0 aliphatic carbocycles. The molecule has 0 saturated heterocycles. The summed E-state index contributed by atoms with van der Waals surface area (Å²) in [5, 5.41) is 10.1. The fraction of sp³-hybridized carbons (Fsp3) is 0.100. The van der Waals surface area contributed by atoms with Gasteiger partial charge in [0.25, 0.3) is 0 Å². The number of aromatic nitrogens is 5. The number of pyridine rings is 1. The van der Waals surface area contributed by atoms with Crippen molar-refractivity contribution < 1.29 is 13.2 Å². The highest BCUT2D eigenvalue weighted by molar-refractivity contribution is 6.29. The quantitative estimate of drug-likeness (QED) is 0.700. The molecule has 1 N–H and O–H groups in total. The first-order chi connectivity index (χ1) is 8.95. The van der Waals surface area contributed by atoms with Gasteiger partial charge in [0, 0.05) is 11.8 Å². The van der Waals surface area contributed by atoms with Crippen molar-refractivity contribution in [2.45, 2.75) is 6.30 Å². The molecule has 0 bridgehead atoms. The van der Waals surface area contributed by atoms with Crippen molar-refractivity contribution in [2.24, 2.45) is 0 Å². The van der Waals surface area contributed by atoms with E-state index in [1.54, 1.807) is 12.1 Å². The van der Waals surface area contributed by atoms with Gasteiger partial charge >= 0.3 is 6.30 Å². The number of aromatic amines is 1. The third kappa shape index (κ3) is 2.03. The highest BCUT2D eigenvalue weighted by atomic mass is 35.5. The lowest BCUT2D eigenvalue weighted by Crippen LogP contribution is -2.16. The van der Waals surface area contributed by atoms with E-state index in [9.17, 15) is 13.2 Å². The van der Waals surface area contributed by atoms with E-state index in [1.807, 2.05) is 0 Å². The van der Waals surface area contributed by atoms with E-state index >= 15 is 0 Å². The van der Waals surface area contributed by atoms with Crippen LogP contribution in [0.2, 0.25) is 5.15 Å². The molecule has 0 unspecified atom stereocenters. The van der Waals surface area contributed by atoms with Crippen LogP contribution in [0.3, 0.4) is 0 Å². The average Bonchev–Trinajstić information content (AvgIpc) is 2.92. The molecule has 3 heterocycles. The van der Waals surface area contributed by atoms with Crippen molar-refractivity contribution in [3.8, 4) is 11.3 Å². The van der Waals surface area contributed by atoms with Crippen LogP contribution in [0.15, 0.2) is 24.5 Å². The topological polar surface area (TPSA) is 59.4 Å². The van der Waals surface area contributed by atoms with Crippen LogP contribution in [0.1, 0.15) is 0 Å². The molecule has 0 saturated carbocycles. The van der Waals surface area contributed by atoms with Crippen LogP contribution in [0.25, 0.3) is 22.3 Å². The fourth-order valence-electron chi connectivity index (χ4n) is 1.66. The van der Waals surface area contributed by atoms with Crippen LogP contribution in [-0.2, 0) is 6.30 Å². The van der Waals surface area contributed by atoms with Gasteiger partial charge in [-0.3, -0.25) is 5.10 Å². The molecular formula is C10H5ClF3N5. The largest absolute Gasteiger partial charge is 0.504 e. The van der Waals surface area contributed by atoms with Gasteiger partial charge in [-0.25, -0.2) is 4.98 Å². The molecule has 0 fully saturated rings. The zero-order valence-corrected chi connectivity index (χ0v) is 9.87. The van der Waals surface area contributed by atoms with Crippen LogP contribution in [0, 0.1) is 0 Å². The number of hydrogen-bond acceptors (Lipinski definition) is 3. The predicted octanol–water partition coefficient (Wildman–Crippen LogP) is 2.95. The average molecular weight is 288 g/mol. The summed E-state index contributed by atoms with van der Waals surface area (Å²) < 4.78 is 37.3. The van der Waals surface area contributed by atoms with E-state index in [0.717, 1.165) is 12.4 Å². The normalized spacial score (nSPS) is 12.2. The smallest absolute Gasteiger partial charge is 0.276 e. The summed E-state index contributed by atoms with van der Waals surface area (Å²) in [6, 6.07) is 3.21. The number of alkyl halides is 3. The Hall–Kier alpha value is -2.09. The summed E-state index contributed by atoms with van der Waals surface area (Å²) >= 11 is 5.76. The van der Waals surface area contributed by atoms with Gasteiger partial charge in [-0.15, -0.1) is 13.2 Å². The zero-order chi connectivity index (χ0) is 13.6. The van der Waals surface area contributed by atoms with Crippen LogP contribution in [-0.4, -0.2) is 25.0 Å². The SMILES string of the molecule is FC(F)(F)n1cc(-c2n[nH]c3ccc(Cl)nc23)cn1. The molecule has 0 radical (unpaired) electrons. The second kappa shape index (κ2) is 3.95. The van der Waals surface area contributed by atoms with Gasteiger partial charge in [-0.05, 0) is 12.1 Å². The predicted molar refractivity (Wildman–Crippen MR) is 61.4 cm³/mol. The van der Waals surface area contributed by atoms with Gasteiger partial charge in [-0.1, -0.05) is 11.6 Å². The van der Waals surface area contributed by atoms with Gasteiger partial charge in [0.05, 0.1) is 11.7 Å². The first kappa shape index (κ1) is 12.0. The Labute approximate surface area is 109 Å². The summed E-state index contributed by atoms with van der Waals surface area (Å²) in [7, 11) is 0. The number of hydrogen-bond donors (Lipinski definition) is 1. The lowest BCUT2D eigenvalue weighted by atomic mass is 10.2. The maximum Gasteiger partial charge on any atom is 0.504 e. The lowest BCUT2D eigenvalue weighted by Gasteiger charge is -2.03. The first-order valence-electron chi connectivity index (χ1n) is 5.08. The molecule has 0 aliphatic heterocycles. The number of rotatable bonds is 1. The number of halogens is 4. The van der Waals surface area contributed by atoms with Gasteiger partial charge < -0.3 is 0 Å². The number of fused-ring (bicyclic) bond motifs is 1. The van der Waals surface area contributed by atoms with E-state index in [0.29, 0.717) is 11.0 Å². The summed E-state index contributed by atoms with van der Waals surface area (Å²) in [6.07, 6.45) is -2.64. The third-order valence-corrected chi connectivity index (χ3v) is 2.70. The summed E-state index contributed by atoms with van der Waals surface area (Å²) in [4.78, 5) is 4.04. The van der Waals surface area contributed by atoms with Gasteiger partial charge in [0.1, 0.15) is 16.4 Å². The molecule has 5 nitrogen and oxygen atoms in total. The maximum atomic E-state index is 12.5. The zero-order valence-electron chi connectivity index (χ0n) is 9.11. The van der Waals surface area contributed by atoms with Crippen molar-refractivity contribution in [3.05, 3.63) is 29.7 Å². The van der Waals surface area contributed by atoms with Crippen molar-refractivity contribution in [2.75, 3.05) is 0 Å². The Kier molecular flexibility index (Phi) is 2.49. The molecule has 0 amide bonds. The first-order valence-corrected chi connectivity index (χ1v) is 5.46. The Morgan fingerprint density at radius 1 is 1.26 bits per heavy atom. The monoisotopic (exact) mass is 287 g/mol. The second-order valence-electron chi connectivity index (χ2n) is 3.74. The molecule has 19 heavy (non-hydrogen) atoms. The van der Waals surface area contributed by atoms with Crippen molar-refractivity contribution >= 4 is 22.6 Å². The molecular weight excluding hydrogens is 283 g/mol. The Morgan fingerprint density at radius 2 is 2.05 bits per heavy atom. The summed E-state index contributed by atoms with van der Waals surface area (Å²) in [5.41, 5.74) is 1.46. The molecule has 0 aromatic carbocycles. The van der Waals surface area contributed by atoms with Crippen LogP contribution in [0.5, 0.6) is 0 Å². The van der Waals surface area contributed by atoms with Crippen molar-refractivity contribution in [1.29, 1.82) is 0 Å². The van der Waals surface area contributed by atoms with Crippen LogP contribution in [0.4, 0.5) is 13.2 Å². The van der Waals surface area contributed by atoms with Crippen molar-refractivity contribution in [3.63, 3.8) is 0 Å². The van der Waals surface area contributed by atoms with Gasteiger partial charge in [-0.2, -0.15) is 14.9 Å². The van der Waals surface area contributed by atoms with Crippen LogP contribution >= 0.6 is 11.6 Å². The molecule has 0 spiro atoms. The van der Waals surface area contributed by atoms with Crippen molar-refractivity contribution in [1.82, 2.24) is 25.0 Å². The van der Waals surface area contributed by atoms with E-state index in [2.05, 4.69) is 20.3 Å². The summed E-state index contributed by atoms with van der Waals surface area (Å²) in [5.74, 6) is 0. The molecule has 98 valence electrons. The van der Waals surface area contributed by atoms with Gasteiger partial charge in [0.2, 0.25) is 0 Å². The molecule has 3 aromatic rings. The second-order valence-corrected chi connectivity index (χ2v) is 4.13. The molecule has 3 rings (SSSR count). The minimum absolute atomic E-state index is 0.0899. The third-order valence-electron chi connectivity index (χ3n) is 2.49. The molecule has 3 aromatic heterocycles. The lowest BCUT2D eigenvalue weighted by molar-refractivity contribution is -0.212. The highest BCUT2D eigenvalue weighted by Crippen LogP contribution is 2.28. The molecule has 0 atom stereocenters. The molecule has 9 heteroatoms. The summed E-state index contributed by atoms with van der Waals surface area (Å²) in [6.45, 7) is 0. The minimum Gasteiger partial charge on any atom is -0.276 e. The van der Waals surface area contributed by atoms with E-state index in [-0.39, 0.29) is 21.1 Å². The fourth-order valence-corrected chi connectivity index (χ4v) is 1.81. The van der Waals surface area contributed by atoms with Gasteiger partial charge in [0.15, 0.2) is 0 Å². The minimum atomic E-state index is -4.56. The highest BCUT2D eigenvalue weighted by Gasteiger charge is 2.32. The Morgan fingerprint density at radius 3 is 2.74 bits per heavy atom. The van der Waals surface area contributed by atoms with E-state index < -0.39 is 6.30 Å². The maximum absolute atomic E-state index is 12.5. The molecule has 0 aliphatic rings. The van der Waals surface area contributed by atoms with Crippen LogP contribution < -0.4 is 0 Å². The van der Waals surface area contributed by atoms with E-state index in [1.165, 1.54) is 0 Å².